The highest BCUT2D eigenvalue weighted by molar-refractivity contribution is 5.96. The molecule has 3 nitrogen and oxygen atoms in total. The molecule has 0 spiro atoms. The molecule has 0 aliphatic heterocycles. The number of rotatable bonds is 4. The minimum absolute atomic E-state index is 0.00882. The van der Waals surface area contributed by atoms with Crippen LogP contribution in [0, 0.1) is 0 Å². The van der Waals surface area contributed by atoms with Crippen LogP contribution in [0.3, 0.4) is 0 Å². The molecule has 2 aromatic carbocycles. The molecule has 22 heavy (non-hydrogen) atoms. The lowest BCUT2D eigenvalue weighted by Crippen LogP contribution is -2.25. The summed E-state index contributed by atoms with van der Waals surface area (Å²) in [5.41, 5.74) is 2.95. The van der Waals surface area contributed by atoms with E-state index in [9.17, 15) is 9.90 Å². The number of phenols is 1. The van der Waals surface area contributed by atoms with Crippen molar-refractivity contribution in [2.45, 2.75) is 32.6 Å². The summed E-state index contributed by atoms with van der Waals surface area (Å²) in [6.07, 6.45) is 0.768. The Morgan fingerprint density at radius 3 is 2.27 bits per heavy atom. The average Bonchev–Trinajstić information content (AvgIpc) is 2.47. The third kappa shape index (κ3) is 4.10. The Morgan fingerprint density at radius 1 is 1.05 bits per heavy atom. The Morgan fingerprint density at radius 2 is 1.68 bits per heavy atom. The first-order chi connectivity index (χ1) is 10.4. The highest BCUT2D eigenvalue weighted by Crippen LogP contribution is 2.22. The van der Waals surface area contributed by atoms with Crippen molar-refractivity contribution in [3.05, 3.63) is 65.2 Å². The molecule has 0 saturated carbocycles. The van der Waals surface area contributed by atoms with Gasteiger partial charge in [0.1, 0.15) is 5.75 Å². The monoisotopic (exact) mass is 297 g/mol. The van der Waals surface area contributed by atoms with Crippen molar-refractivity contribution >= 4 is 5.91 Å². The molecule has 0 bridgehead atoms. The molecule has 2 aromatic rings. The minimum atomic E-state index is -0.246. The van der Waals surface area contributed by atoms with E-state index in [4.69, 9.17) is 0 Å². The number of carbonyl (C=O) groups is 1. The smallest absolute Gasteiger partial charge is 0.255 e. The first kappa shape index (κ1) is 16.1. The summed E-state index contributed by atoms with van der Waals surface area (Å²) in [7, 11) is 0. The van der Waals surface area contributed by atoms with Crippen molar-refractivity contribution in [1.29, 1.82) is 0 Å². The van der Waals surface area contributed by atoms with Gasteiger partial charge in [0.2, 0.25) is 0 Å². The molecule has 3 heteroatoms. The lowest BCUT2D eigenvalue weighted by molar-refractivity contribution is 0.0951. The van der Waals surface area contributed by atoms with Crippen molar-refractivity contribution in [1.82, 2.24) is 5.32 Å². The maximum atomic E-state index is 12.0. The van der Waals surface area contributed by atoms with Crippen LogP contribution in [0.25, 0.3) is 0 Å². The number of amides is 1. The number of phenolic OH excluding ortho intramolecular Hbond substituents is 1. The molecule has 0 unspecified atom stereocenters. The van der Waals surface area contributed by atoms with Gasteiger partial charge in [-0.2, -0.15) is 0 Å². The van der Waals surface area contributed by atoms with Crippen molar-refractivity contribution in [2.24, 2.45) is 0 Å². The average molecular weight is 297 g/mol. The first-order valence-electron chi connectivity index (χ1n) is 7.53. The molecule has 116 valence electrons. The Bertz CT molecular complexity index is 639. The number of aromatic hydroxyl groups is 1. The van der Waals surface area contributed by atoms with E-state index in [2.05, 4.69) is 50.4 Å². The zero-order valence-electron chi connectivity index (χ0n) is 13.4. The fraction of sp³-hybridized carbons (Fsp3) is 0.316. The summed E-state index contributed by atoms with van der Waals surface area (Å²) in [6, 6.07) is 15.0. The van der Waals surface area contributed by atoms with E-state index < -0.39 is 0 Å². The van der Waals surface area contributed by atoms with Gasteiger partial charge >= 0.3 is 0 Å². The summed E-state index contributed by atoms with van der Waals surface area (Å²) in [4.78, 5) is 12.0. The van der Waals surface area contributed by atoms with Crippen LogP contribution in [-0.2, 0) is 11.8 Å². The van der Waals surface area contributed by atoms with Crippen LogP contribution >= 0.6 is 0 Å². The molecule has 0 aliphatic carbocycles. The summed E-state index contributed by atoms with van der Waals surface area (Å²) < 4.78 is 0. The Hall–Kier alpha value is -2.29. The molecule has 0 aliphatic rings. The van der Waals surface area contributed by atoms with E-state index in [0.717, 1.165) is 6.42 Å². The number of hydrogen-bond donors (Lipinski definition) is 2. The van der Waals surface area contributed by atoms with Gasteiger partial charge in [-0.25, -0.2) is 0 Å². The highest BCUT2D eigenvalue weighted by Gasteiger charge is 2.13. The van der Waals surface area contributed by atoms with Crippen molar-refractivity contribution < 1.29 is 9.90 Å². The van der Waals surface area contributed by atoms with Crippen LogP contribution in [0.5, 0.6) is 5.75 Å². The number of hydrogen-bond acceptors (Lipinski definition) is 2. The highest BCUT2D eigenvalue weighted by atomic mass is 16.3. The second-order valence-electron chi connectivity index (χ2n) is 6.47. The predicted molar refractivity (Wildman–Crippen MR) is 89.3 cm³/mol. The van der Waals surface area contributed by atoms with Gasteiger partial charge in [-0.05, 0) is 35.1 Å². The lowest BCUT2D eigenvalue weighted by Gasteiger charge is -2.19. The summed E-state index contributed by atoms with van der Waals surface area (Å²) >= 11 is 0. The largest absolute Gasteiger partial charge is 0.507 e. The summed E-state index contributed by atoms with van der Waals surface area (Å²) in [5, 5.41) is 12.5. The third-order valence-corrected chi connectivity index (χ3v) is 3.67. The van der Waals surface area contributed by atoms with E-state index in [1.54, 1.807) is 18.2 Å². The van der Waals surface area contributed by atoms with Gasteiger partial charge in [0.05, 0.1) is 5.56 Å². The lowest BCUT2D eigenvalue weighted by atomic mass is 9.86. The Balaban J connectivity index is 1.89. The molecule has 0 atom stereocenters. The van der Waals surface area contributed by atoms with E-state index in [0.29, 0.717) is 12.1 Å². The maximum Gasteiger partial charge on any atom is 0.255 e. The number of carbonyl (C=O) groups excluding carboxylic acids is 1. The minimum Gasteiger partial charge on any atom is -0.507 e. The fourth-order valence-electron chi connectivity index (χ4n) is 2.25. The van der Waals surface area contributed by atoms with Crippen LogP contribution in [0.1, 0.15) is 42.3 Å². The molecule has 2 N–H and O–H groups in total. The second kappa shape index (κ2) is 6.65. The van der Waals surface area contributed by atoms with Crippen LogP contribution in [-0.4, -0.2) is 17.6 Å². The molecule has 0 aromatic heterocycles. The molecule has 0 heterocycles. The van der Waals surface area contributed by atoms with Gasteiger partial charge < -0.3 is 10.4 Å². The number of nitrogens with one attached hydrogen (secondary N) is 1. The van der Waals surface area contributed by atoms with Crippen LogP contribution in [0.4, 0.5) is 0 Å². The molecule has 0 fully saturated rings. The Kier molecular flexibility index (Phi) is 4.86. The molecule has 0 radical (unpaired) electrons. The first-order valence-corrected chi connectivity index (χ1v) is 7.53. The quantitative estimate of drug-likeness (QED) is 0.904. The maximum absolute atomic E-state index is 12.0. The molecule has 1 amide bonds. The van der Waals surface area contributed by atoms with E-state index in [-0.39, 0.29) is 17.1 Å². The van der Waals surface area contributed by atoms with E-state index in [1.165, 1.54) is 17.2 Å². The normalized spacial score (nSPS) is 11.2. The van der Waals surface area contributed by atoms with E-state index in [1.807, 2.05) is 0 Å². The van der Waals surface area contributed by atoms with Crippen LogP contribution in [0.15, 0.2) is 48.5 Å². The van der Waals surface area contributed by atoms with Crippen LogP contribution < -0.4 is 5.32 Å². The molecule has 2 rings (SSSR count). The van der Waals surface area contributed by atoms with Crippen molar-refractivity contribution in [3.8, 4) is 5.75 Å². The van der Waals surface area contributed by atoms with Crippen molar-refractivity contribution in [3.63, 3.8) is 0 Å². The Labute approximate surface area is 132 Å². The number of para-hydroxylation sites is 1. The fourth-order valence-corrected chi connectivity index (χ4v) is 2.25. The predicted octanol–water partition coefficient (Wildman–Crippen LogP) is 3.66. The van der Waals surface area contributed by atoms with Crippen molar-refractivity contribution in [2.75, 3.05) is 6.54 Å². The number of benzene rings is 2. The summed E-state index contributed by atoms with van der Waals surface area (Å²) in [5.74, 6) is -0.237. The van der Waals surface area contributed by atoms with Gasteiger partial charge in [0.25, 0.3) is 5.91 Å². The zero-order valence-corrected chi connectivity index (χ0v) is 13.4. The topological polar surface area (TPSA) is 49.3 Å². The SMILES string of the molecule is CC(C)(C)c1ccc(CCNC(=O)c2ccccc2O)cc1. The third-order valence-electron chi connectivity index (χ3n) is 3.67. The zero-order chi connectivity index (χ0) is 16.2. The van der Waals surface area contributed by atoms with Crippen LogP contribution in [0.2, 0.25) is 0 Å². The van der Waals surface area contributed by atoms with Gasteiger partial charge in [0, 0.05) is 6.54 Å². The standard InChI is InChI=1S/C19H23NO2/c1-19(2,3)15-10-8-14(9-11-15)12-13-20-18(22)16-6-4-5-7-17(16)21/h4-11,21H,12-13H2,1-3H3,(H,20,22). The van der Waals surface area contributed by atoms with Gasteiger partial charge in [-0.15, -0.1) is 0 Å². The van der Waals surface area contributed by atoms with Gasteiger partial charge in [-0.3, -0.25) is 4.79 Å². The van der Waals surface area contributed by atoms with E-state index >= 15 is 0 Å². The van der Waals surface area contributed by atoms with Gasteiger partial charge in [0.15, 0.2) is 0 Å². The molecule has 0 saturated heterocycles. The molecular weight excluding hydrogens is 274 g/mol. The molecular formula is C19H23NO2. The summed E-state index contributed by atoms with van der Waals surface area (Å²) in [6.45, 7) is 7.11. The second-order valence-corrected chi connectivity index (χ2v) is 6.47. The van der Waals surface area contributed by atoms with Gasteiger partial charge in [-0.1, -0.05) is 57.2 Å².